The summed E-state index contributed by atoms with van der Waals surface area (Å²) >= 11 is 0. The molecule has 1 rings (SSSR count). The maximum absolute atomic E-state index is 11.4. The van der Waals surface area contributed by atoms with Crippen LogP contribution in [0.15, 0.2) is 30.3 Å². The molecule has 0 saturated heterocycles. The van der Waals surface area contributed by atoms with Crippen LogP contribution in [0.4, 0.5) is 0 Å². The third kappa shape index (κ3) is 4.57. The lowest BCUT2D eigenvalue weighted by atomic mass is 10.0. The number of benzene rings is 1. The molecule has 1 aromatic rings. The highest BCUT2D eigenvalue weighted by atomic mass is 16.5. The van der Waals surface area contributed by atoms with Gasteiger partial charge in [-0.05, 0) is 33.0 Å². The molecule has 1 aromatic carbocycles. The van der Waals surface area contributed by atoms with Gasteiger partial charge in [-0.15, -0.1) is 0 Å². The summed E-state index contributed by atoms with van der Waals surface area (Å²) in [6, 6.07) is 10.5. The molecule has 0 saturated carbocycles. The Morgan fingerprint density at radius 3 is 2.47 bits per heavy atom. The second kappa shape index (κ2) is 7.07. The number of carbonyl (C=O) groups is 1. The number of nitrogens with zero attached hydrogens (tertiary/aromatic N) is 1. The van der Waals surface area contributed by atoms with Gasteiger partial charge in [-0.1, -0.05) is 30.3 Å². The van der Waals surface area contributed by atoms with E-state index in [2.05, 4.69) is 17.0 Å². The molecule has 3 heteroatoms. The molecular formula is C14H21NO2. The minimum absolute atomic E-state index is 0.115. The van der Waals surface area contributed by atoms with Crippen LogP contribution in [0.25, 0.3) is 0 Å². The van der Waals surface area contributed by atoms with Crippen LogP contribution < -0.4 is 0 Å². The number of esters is 1. The lowest BCUT2D eigenvalue weighted by Gasteiger charge is -2.24. The first-order valence-electron chi connectivity index (χ1n) is 6.02. The maximum Gasteiger partial charge on any atom is 0.305 e. The molecule has 0 aliphatic carbocycles. The van der Waals surface area contributed by atoms with Gasteiger partial charge in [0, 0.05) is 12.5 Å². The molecule has 0 aromatic heterocycles. The fourth-order valence-corrected chi connectivity index (χ4v) is 1.89. The lowest BCUT2D eigenvalue weighted by molar-refractivity contribution is -0.143. The van der Waals surface area contributed by atoms with E-state index in [1.807, 2.05) is 39.2 Å². The first-order chi connectivity index (χ1) is 8.15. The van der Waals surface area contributed by atoms with Gasteiger partial charge in [-0.3, -0.25) is 4.79 Å². The summed E-state index contributed by atoms with van der Waals surface area (Å²) in [4.78, 5) is 13.5. The Morgan fingerprint density at radius 2 is 1.94 bits per heavy atom. The quantitative estimate of drug-likeness (QED) is 0.710. The van der Waals surface area contributed by atoms with E-state index in [4.69, 9.17) is 4.74 Å². The van der Waals surface area contributed by atoms with Gasteiger partial charge >= 0.3 is 5.97 Å². The van der Waals surface area contributed by atoms with Crippen molar-refractivity contribution in [1.82, 2.24) is 4.90 Å². The van der Waals surface area contributed by atoms with E-state index in [9.17, 15) is 4.79 Å². The molecular weight excluding hydrogens is 214 g/mol. The van der Waals surface area contributed by atoms with Crippen LogP contribution in [-0.2, 0) is 9.53 Å². The van der Waals surface area contributed by atoms with Crippen molar-refractivity contribution in [2.45, 2.75) is 25.8 Å². The van der Waals surface area contributed by atoms with E-state index in [1.165, 1.54) is 5.56 Å². The Balaban J connectivity index is 2.59. The highest BCUT2D eigenvalue weighted by Gasteiger charge is 2.15. The van der Waals surface area contributed by atoms with Gasteiger partial charge < -0.3 is 9.64 Å². The van der Waals surface area contributed by atoms with E-state index in [1.54, 1.807) is 0 Å². The number of hydrogen-bond donors (Lipinski definition) is 0. The van der Waals surface area contributed by atoms with Gasteiger partial charge in [0.2, 0.25) is 0 Å². The summed E-state index contributed by atoms with van der Waals surface area (Å²) in [5.41, 5.74) is 1.24. The van der Waals surface area contributed by atoms with Gasteiger partial charge in [-0.2, -0.15) is 0 Å². The van der Waals surface area contributed by atoms with Crippen LogP contribution in [0.1, 0.15) is 31.4 Å². The van der Waals surface area contributed by atoms with Crippen LogP contribution in [0.2, 0.25) is 0 Å². The third-order valence-electron chi connectivity index (χ3n) is 2.73. The summed E-state index contributed by atoms with van der Waals surface area (Å²) in [6.45, 7) is 2.29. The predicted octanol–water partition coefficient (Wildman–Crippen LogP) is 2.63. The largest absolute Gasteiger partial charge is 0.466 e. The Bertz CT molecular complexity index is 335. The molecule has 0 N–H and O–H groups in total. The van der Waals surface area contributed by atoms with Crippen molar-refractivity contribution in [3.05, 3.63) is 35.9 Å². The van der Waals surface area contributed by atoms with Crippen molar-refractivity contribution in [2.24, 2.45) is 0 Å². The van der Waals surface area contributed by atoms with Crippen LogP contribution >= 0.6 is 0 Å². The third-order valence-corrected chi connectivity index (χ3v) is 2.73. The topological polar surface area (TPSA) is 29.5 Å². The Morgan fingerprint density at radius 1 is 1.29 bits per heavy atom. The smallest absolute Gasteiger partial charge is 0.305 e. The van der Waals surface area contributed by atoms with Crippen molar-refractivity contribution in [3.63, 3.8) is 0 Å². The monoisotopic (exact) mass is 235 g/mol. The highest BCUT2D eigenvalue weighted by Crippen LogP contribution is 2.23. The van der Waals surface area contributed by atoms with Gasteiger partial charge in [0.15, 0.2) is 0 Å². The highest BCUT2D eigenvalue weighted by molar-refractivity contribution is 5.69. The molecule has 17 heavy (non-hydrogen) atoms. The predicted molar refractivity (Wildman–Crippen MR) is 68.7 cm³/mol. The van der Waals surface area contributed by atoms with E-state index < -0.39 is 0 Å². The van der Waals surface area contributed by atoms with E-state index in [0.717, 1.165) is 6.42 Å². The van der Waals surface area contributed by atoms with E-state index in [0.29, 0.717) is 13.0 Å². The second-order valence-corrected chi connectivity index (χ2v) is 4.23. The van der Waals surface area contributed by atoms with Crippen molar-refractivity contribution in [2.75, 3.05) is 20.7 Å². The second-order valence-electron chi connectivity index (χ2n) is 4.23. The average Bonchev–Trinajstić information content (AvgIpc) is 2.30. The summed E-state index contributed by atoms with van der Waals surface area (Å²) in [5.74, 6) is -0.115. The zero-order chi connectivity index (χ0) is 12.7. The summed E-state index contributed by atoms with van der Waals surface area (Å²) in [5, 5.41) is 0. The van der Waals surface area contributed by atoms with Crippen LogP contribution in [0, 0.1) is 0 Å². The Kier molecular flexibility index (Phi) is 5.70. The summed E-state index contributed by atoms with van der Waals surface area (Å²) in [7, 11) is 4.06. The first-order valence-corrected chi connectivity index (χ1v) is 6.02. The molecule has 0 aliphatic rings. The Hall–Kier alpha value is -1.35. The van der Waals surface area contributed by atoms with E-state index in [-0.39, 0.29) is 12.0 Å². The van der Waals surface area contributed by atoms with Crippen molar-refractivity contribution >= 4 is 5.97 Å². The van der Waals surface area contributed by atoms with Crippen LogP contribution in [0.3, 0.4) is 0 Å². The fourth-order valence-electron chi connectivity index (χ4n) is 1.89. The number of ether oxygens (including phenoxy) is 1. The normalized spacial score (nSPS) is 12.5. The van der Waals surface area contributed by atoms with Crippen molar-refractivity contribution < 1.29 is 9.53 Å². The standard InChI is InChI=1S/C14H21NO2/c1-4-17-14(16)11-10-13(15(2)3)12-8-6-5-7-9-12/h5-9,13H,4,10-11H2,1-3H3. The number of rotatable bonds is 6. The molecule has 0 heterocycles. The molecule has 0 aliphatic heterocycles. The molecule has 0 spiro atoms. The summed E-state index contributed by atoms with van der Waals surface area (Å²) < 4.78 is 4.95. The zero-order valence-electron chi connectivity index (χ0n) is 10.8. The zero-order valence-corrected chi connectivity index (χ0v) is 10.8. The molecule has 0 fully saturated rings. The molecule has 0 radical (unpaired) electrons. The fraction of sp³-hybridized carbons (Fsp3) is 0.500. The van der Waals surface area contributed by atoms with Crippen LogP contribution in [0.5, 0.6) is 0 Å². The Labute approximate surface area is 103 Å². The molecule has 0 bridgehead atoms. The molecule has 94 valence electrons. The van der Waals surface area contributed by atoms with E-state index >= 15 is 0 Å². The molecule has 1 unspecified atom stereocenters. The van der Waals surface area contributed by atoms with Crippen molar-refractivity contribution in [1.29, 1.82) is 0 Å². The maximum atomic E-state index is 11.4. The average molecular weight is 235 g/mol. The van der Waals surface area contributed by atoms with Crippen LogP contribution in [-0.4, -0.2) is 31.6 Å². The molecule has 3 nitrogen and oxygen atoms in total. The number of hydrogen-bond acceptors (Lipinski definition) is 3. The minimum atomic E-state index is -0.115. The number of carbonyl (C=O) groups excluding carboxylic acids is 1. The summed E-state index contributed by atoms with van der Waals surface area (Å²) in [6.07, 6.45) is 1.25. The van der Waals surface area contributed by atoms with Gasteiger partial charge in [-0.25, -0.2) is 0 Å². The minimum Gasteiger partial charge on any atom is -0.466 e. The molecule has 1 atom stereocenters. The molecule has 0 amide bonds. The van der Waals surface area contributed by atoms with Gasteiger partial charge in [0.25, 0.3) is 0 Å². The first kappa shape index (κ1) is 13.7. The van der Waals surface area contributed by atoms with Gasteiger partial charge in [0.1, 0.15) is 0 Å². The SMILES string of the molecule is CCOC(=O)CCC(c1ccccc1)N(C)C. The van der Waals surface area contributed by atoms with Gasteiger partial charge in [0.05, 0.1) is 6.61 Å². The lowest BCUT2D eigenvalue weighted by Crippen LogP contribution is -2.21. The van der Waals surface area contributed by atoms with Crippen molar-refractivity contribution in [3.8, 4) is 0 Å².